The molecule has 0 aliphatic heterocycles. The summed E-state index contributed by atoms with van der Waals surface area (Å²) >= 11 is 0. The fraction of sp³-hybridized carbons (Fsp3) is 0.176. The first-order valence-corrected chi connectivity index (χ1v) is 7.03. The summed E-state index contributed by atoms with van der Waals surface area (Å²) in [5.74, 6) is 0.211. The van der Waals surface area contributed by atoms with Gasteiger partial charge >= 0.3 is 0 Å². The van der Waals surface area contributed by atoms with Gasteiger partial charge in [0.05, 0.1) is 19.2 Å². The number of ether oxygens (including phenoxy) is 1. The number of aryl methyl sites for hydroxylation is 1. The van der Waals surface area contributed by atoms with E-state index < -0.39 is 11.8 Å². The van der Waals surface area contributed by atoms with Crippen molar-refractivity contribution in [1.82, 2.24) is 10.8 Å². The maximum atomic E-state index is 12.2. The molecule has 0 unspecified atom stereocenters. The summed E-state index contributed by atoms with van der Waals surface area (Å²) < 4.78 is 5.78. The molecule has 6 nitrogen and oxygen atoms in total. The predicted molar refractivity (Wildman–Crippen MR) is 85.2 cm³/mol. The molecule has 0 saturated carbocycles. The SMILES string of the molecule is CONC(=O)CNC(=O)c1ccccc1Oc1cccc(C)c1. The van der Waals surface area contributed by atoms with Crippen LogP contribution in [0.3, 0.4) is 0 Å². The number of nitrogens with one attached hydrogen (secondary N) is 2. The van der Waals surface area contributed by atoms with E-state index in [0.717, 1.165) is 5.56 Å². The number of hydrogen-bond acceptors (Lipinski definition) is 4. The number of benzene rings is 2. The van der Waals surface area contributed by atoms with E-state index in [9.17, 15) is 9.59 Å². The van der Waals surface area contributed by atoms with E-state index in [2.05, 4.69) is 15.6 Å². The zero-order valence-electron chi connectivity index (χ0n) is 13.0. The summed E-state index contributed by atoms with van der Waals surface area (Å²) in [7, 11) is 1.32. The predicted octanol–water partition coefficient (Wildman–Crippen LogP) is 2.19. The highest BCUT2D eigenvalue weighted by atomic mass is 16.6. The van der Waals surface area contributed by atoms with E-state index in [4.69, 9.17) is 4.74 Å². The summed E-state index contributed by atoms with van der Waals surface area (Å²) in [4.78, 5) is 28.0. The lowest BCUT2D eigenvalue weighted by molar-refractivity contribution is -0.130. The molecule has 2 aromatic carbocycles. The van der Waals surface area contributed by atoms with Crippen molar-refractivity contribution in [2.45, 2.75) is 6.92 Å². The summed E-state index contributed by atoms with van der Waals surface area (Å²) in [6.07, 6.45) is 0. The van der Waals surface area contributed by atoms with E-state index in [0.29, 0.717) is 17.1 Å². The van der Waals surface area contributed by atoms with Crippen LogP contribution in [0, 0.1) is 6.92 Å². The highest BCUT2D eigenvalue weighted by Gasteiger charge is 2.13. The van der Waals surface area contributed by atoms with Crippen molar-refractivity contribution in [2.24, 2.45) is 0 Å². The van der Waals surface area contributed by atoms with Crippen LogP contribution in [0.2, 0.25) is 0 Å². The van der Waals surface area contributed by atoms with Gasteiger partial charge in [0.25, 0.3) is 11.8 Å². The van der Waals surface area contributed by atoms with Crippen molar-refractivity contribution in [3.05, 3.63) is 59.7 Å². The molecule has 120 valence electrons. The molecular weight excluding hydrogens is 296 g/mol. The molecule has 0 bridgehead atoms. The second-order valence-corrected chi connectivity index (χ2v) is 4.83. The molecule has 2 amide bonds. The van der Waals surface area contributed by atoms with Gasteiger partial charge in [-0.25, -0.2) is 5.48 Å². The zero-order chi connectivity index (χ0) is 16.7. The van der Waals surface area contributed by atoms with E-state index in [-0.39, 0.29) is 6.54 Å². The minimum absolute atomic E-state index is 0.189. The van der Waals surface area contributed by atoms with Gasteiger partial charge in [-0.05, 0) is 36.8 Å². The Morgan fingerprint density at radius 3 is 2.61 bits per heavy atom. The number of hydroxylamine groups is 1. The molecule has 0 aliphatic rings. The Balaban J connectivity index is 2.10. The van der Waals surface area contributed by atoms with Crippen LogP contribution in [0.25, 0.3) is 0 Å². The highest BCUT2D eigenvalue weighted by Crippen LogP contribution is 2.25. The van der Waals surface area contributed by atoms with E-state index >= 15 is 0 Å². The maximum Gasteiger partial charge on any atom is 0.262 e. The van der Waals surface area contributed by atoms with Gasteiger partial charge in [0.1, 0.15) is 11.5 Å². The molecule has 0 heterocycles. The second kappa shape index (κ2) is 7.95. The van der Waals surface area contributed by atoms with Crippen molar-refractivity contribution in [2.75, 3.05) is 13.7 Å². The average molecular weight is 314 g/mol. The van der Waals surface area contributed by atoms with Gasteiger partial charge in [0.15, 0.2) is 0 Å². The first-order chi connectivity index (χ1) is 11.1. The van der Waals surface area contributed by atoms with E-state index in [1.807, 2.05) is 31.2 Å². The van der Waals surface area contributed by atoms with Crippen LogP contribution in [0.15, 0.2) is 48.5 Å². The number of para-hydroxylation sites is 1. The Morgan fingerprint density at radius 1 is 1.09 bits per heavy atom. The minimum atomic E-state index is -0.446. The van der Waals surface area contributed by atoms with Gasteiger partial charge in [-0.2, -0.15) is 0 Å². The fourth-order valence-corrected chi connectivity index (χ4v) is 1.95. The largest absolute Gasteiger partial charge is 0.457 e. The van der Waals surface area contributed by atoms with Crippen molar-refractivity contribution in [3.63, 3.8) is 0 Å². The fourth-order valence-electron chi connectivity index (χ4n) is 1.95. The molecule has 0 aliphatic carbocycles. The number of hydrogen-bond donors (Lipinski definition) is 2. The normalized spacial score (nSPS) is 10.0. The quantitative estimate of drug-likeness (QED) is 0.801. The molecule has 0 saturated heterocycles. The summed E-state index contributed by atoms with van der Waals surface area (Å²) in [6, 6.07) is 14.4. The van der Waals surface area contributed by atoms with Crippen LogP contribution >= 0.6 is 0 Å². The van der Waals surface area contributed by atoms with Crippen LogP contribution in [0.4, 0.5) is 0 Å². The topological polar surface area (TPSA) is 76.7 Å². The van der Waals surface area contributed by atoms with Crippen LogP contribution in [0.1, 0.15) is 15.9 Å². The Kier molecular flexibility index (Phi) is 5.71. The zero-order valence-corrected chi connectivity index (χ0v) is 13.0. The van der Waals surface area contributed by atoms with Crippen LogP contribution < -0.4 is 15.5 Å². The molecular formula is C17H18N2O4. The third kappa shape index (κ3) is 4.82. The van der Waals surface area contributed by atoms with Crippen molar-refractivity contribution < 1.29 is 19.2 Å². The first-order valence-electron chi connectivity index (χ1n) is 7.03. The molecule has 0 atom stereocenters. The van der Waals surface area contributed by atoms with Gasteiger partial charge in [-0.15, -0.1) is 0 Å². The lowest BCUT2D eigenvalue weighted by Gasteiger charge is -2.11. The molecule has 2 N–H and O–H groups in total. The Bertz CT molecular complexity index is 700. The summed E-state index contributed by atoms with van der Waals surface area (Å²) in [6.45, 7) is 1.77. The Hall–Kier alpha value is -2.86. The van der Waals surface area contributed by atoms with Crippen LogP contribution in [-0.4, -0.2) is 25.5 Å². The van der Waals surface area contributed by atoms with Gasteiger partial charge in [-0.3, -0.25) is 14.4 Å². The number of carbonyl (C=O) groups excluding carboxylic acids is 2. The van der Waals surface area contributed by atoms with E-state index in [1.54, 1.807) is 24.3 Å². The first kappa shape index (κ1) is 16.5. The third-order valence-electron chi connectivity index (χ3n) is 2.97. The summed E-state index contributed by atoms with van der Waals surface area (Å²) in [5.41, 5.74) is 3.53. The maximum absolute atomic E-state index is 12.2. The Labute approximate surface area is 134 Å². The highest BCUT2D eigenvalue weighted by molar-refractivity contribution is 5.98. The monoisotopic (exact) mass is 314 g/mol. The van der Waals surface area contributed by atoms with Crippen molar-refractivity contribution in [3.8, 4) is 11.5 Å². The molecule has 2 aromatic rings. The van der Waals surface area contributed by atoms with Gasteiger partial charge in [0.2, 0.25) is 0 Å². The number of rotatable bonds is 6. The van der Waals surface area contributed by atoms with Crippen LogP contribution in [-0.2, 0) is 9.63 Å². The molecule has 6 heteroatoms. The van der Waals surface area contributed by atoms with Crippen molar-refractivity contribution >= 4 is 11.8 Å². The standard InChI is InChI=1S/C17H18N2O4/c1-12-6-5-7-13(10-12)23-15-9-4-3-8-14(15)17(21)18-11-16(20)19-22-2/h3-10H,11H2,1-2H3,(H,18,21)(H,19,20). The minimum Gasteiger partial charge on any atom is -0.457 e. The summed E-state index contributed by atoms with van der Waals surface area (Å²) in [5, 5.41) is 2.51. The molecule has 0 spiro atoms. The lowest BCUT2D eigenvalue weighted by atomic mass is 10.2. The van der Waals surface area contributed by atoms with Crippen LogP contribution in [0.5, 0.6) is 11.5 Å². The molecule has 23 heavy (non-hydrogen) atoms. The smallest absolute Gasteiger partial charge is 0.262 e. The second-order valence-electron chi connectivity index (χ2n) is 4.83. The molecule has 2 rings (SSSR count). The van der Waals surface area contributed by atoms with Gasteiger partial charge in [-0.1, -0.05) is 24.3 Å². The number of carbonyl (C=O) groups is 2. The Morgan fingerprint density at radius 2 is 1.87 bits per heavy atom. The molecule has 0 radical (unpaired) electrons. The van der Waals surface area contributed by atoms with Gasteiger partial charge < -0.3 is 10.1 Å². The molecule has 0 aromatic heterocycles. The van der Waals surface area contributed by atoms with E-state index in [1.165, 1.54) is 7.11 Å². The lowest BCUT2D eigenvalue weighted by Crippen LogP contribution is -2.36. The molecule has 0 fully saturated rings. The number of amides is 2. The average Bonchev–Trinajstić information content (AvgIpc) is 2.53. The third-order valence-corrected chi connectivity index (χ3v) is 2.97. The van der Waals surface area contributed by atoms with Gasteiger partial charge in [0, 0.05) is 0 Å². The van der Waals surface area contributed by atoms with Crippen molar-refractivity contribution in [1.29, 1.82) is 0 Å².